The summed E-state index contributed by atoms with van der Waals surface area (Å²) in [4.78, 5) is 24.0. The molecule has 0 radical (unpaired) electrons. The molecule has 2 aromatic rings. The standard InChI is InChI=1S/C17H20BrN3O3/c1-4-8-17(3,16(23)24)20-15(22)14-10-19-21(11(14)2)13-7-5-6-12(18)9-13/h5-7,9-10H,4,8H2,1-3H3,(H,20,22)(H,23,24). The van der Waals surface area contributed by atoms with Crippen LogP contribution < -0.4 is 5.32 Å². The number of aromatic nitrogens is 2. The van der Waals surface area contributed by atoms with Crippen LogP contribution in [0.3, 0.4) is 0 Å². The molecule has 0 spiro atoms. The van der Waals surface area contributed by atoms with Crippen LogP contribution in [0.4, 0.5) is 0 Å². The quantitative estimate of drug-likeness (QED) is 0.788. The first-order chi connectivity index (χ1) is 11.3. The minimum Gasteiger partial charge on any atom is -0.480 e. The number of rotatable bonds is 6. The molecular formula is C17H20BrN3O3. The molecule has 0 aliphatic heterocycles. The van der Waals surface area contributed by atoms with E-state index in [1.54, 1.807) is 11.6 Å². The molecule has 1 heterocycles. The number of hydrogen-bond donors (Lipinski definition) is 2. The smallest absolute Gasteiger partial charge is 0.329 e. The lowest BCUT2D eigenvalue weighted by Crippen LogP contribution is -2.52. The average molecular weight is 394 g/mol. The molecule has 1 atom stereocenters. The van der Waals surface area contributed by atoms with Gasteiger partial charge in [-0.15, -0.1) is 0 Å². The normalized spacial score (nSPS) is 13.3. The van der Waals surface area contributed by atoms with Crippen LogP contribution in [0.25, 0.3) is 5.69 Å². The van der Waals surface area contributed by atoms with Gasteiger partial charge in [0.25, 0.3) is 5.91 Å². The van der Waals surface area contributed by atoms with E-state index in [-0.39, 0.29) is 0 Å². The zero-order valence-electron chi connectivity index (χ0n) is 13.8. The molecule has 0 aliphatic rings. The number of carbonyl (C=O) groups excluding carboxylic acids is 1. The lowest BCUT2D eigenvalue weighted by atomic mass is 9.96. The van der Waals surface area contributed by atoms with E-state index in [4.69, 9.17) is 0 Å². The molecule has 1 aromatic heterocycles. The Bertz CT molecular complexity index is 772. The maximum Gasteiger partial charge on any atom is 0.329 e. The third kappa shape index (κ3) is 3.67. The highest BCUT2D eigenvalue weighted by molar-refractivity contribution is 9.10. The molecule has 0 fully saturated rings. The molecule has 6 nitrogen and oxygen atoms in total. The molecule has 0 bridgehead atoms. The summed E-state index contributed by atoms with van der Waals surface area (Å²) in [6.07, 6.45) is 2.46. The van der Waals surface area contributed by atoms with Crippen molar-refractivity contribution < 1.29 is 14.7 Å². The second-order valence-corrected chi connectivity index (χ2v) is 6.79. The van der Waals surface area contributed by atoms with Crippen molar-refractivity contribution in [3.63, 3.8) is 0 Å². The summed E-state index contributed by atoms with van der Waals surface area (Å²) in [6, 6.07) is 7.55. The Hall–Kier alpha value is -2.15. The molecule has 24 heavy (non-hydrogen) atoms. The van der Waals surface area contributed by atoms with Crippen LogP contribution in [0.1, 0.15) is 42.7 Å². The molecule has 2 rings (SSSR count). The van der Waals surface area contributed by atoms with Gasteiger partial charge in [0.1, 0.15) is 5.54 Å². The van der Waals surface area contributed by atoms with Gasteiger partial charge in [-0.05, 0) is 38.5 Å². The van der Waals surface area contributed by atoms with E-state index in [9.17, 15) is 14.7 Å². The van der Waals surface area contributed by atoms with Crippen molar-refractivity contribution >= 4 is 27.8 Å². The number of carbonyl (C=O) groups is 2. The Morgan fingerprint density at radius 1 is 1.42 bits per heavy atom. The van der Waals surface area contributed by atoms with Crippen molar-refractivity contribution in [1.29, 1.82) is 0 Å². The number of nitrogens with one attached hydrogen (secondary N) is 1. The maximum absolute atomic E-state index is 12.5. The van der Waals surface area contributed by atoms with Gasteiger partial charge < -0.3 is 10.4 Å². The first-order valence-corrected chi connectivity index (χ1v) is 8.44. The topological polar surface area (TPSA) is 84.2 Å². The second-order valence-electron chi connectivity index (χ2n) is 5.88. The van der Waals surface area contributed by atoms with E-state index in [0.717, 1.165) is 10.2 Å². The van der Waals surface area contributed by atoms with E-state index >= 15 is 0 Å². The van der Waals surface area contributed by atoms with Crippen molar-refractivity contribution in [3.05, 3.63) is 46.2 Å². The van der Waals surface area contributed by atoms with Crippen LogP contribution in [0.2, 0.25) is 0 Å². The highest BCUT2D eigenvalue weighted by Gasteiger charge is 2.34. The van der Waals surface area contributed by atoms with Gasteiger partial charge in [-0.2, -0.15) is 5.10 Å². The van der Waals surface area contributed by atoms with Gasteiger partial charge in [-0.25, -0.2) is 9.48 Å². The molecule has 1 amide bonds. The molecule has 0 aliphatic carbocycles. The van der Waals surface area contributed by atoms with Crippen LogP contribution in [-0.2, 0) is 4.79 Å². The van der Waals surface area contributed by atoms with Crippen molar-refractivity contribution in [1.82, 2.24) is 15.1 Å². The van der Waals surface area contributed by atoms with E-state index in [1.165, 1.54) is 13.1 Å². The SMILES string of the molecule is CCCC(C)(NC(=O)c1cnn(-c2cccc(Br)c2)c1C)C(=O)O. The largest absolute Gasteiger partial charge is 0.480 e. The third-order valence-corrected chi connectivity index (χ3v) is 4.41. The number of carboxylic acid groups (broad SMARTS) is 1. The monoisotopic (exact) mass is 393 g/mol. The third-order valence-electron chi connectivity index (χ3n) is 3.92. The van der Waals surface area contributed by atoms with E-state index < -0.39 is 17.4 Å². The van der Waals surface area contributed by atoms with E-state index in [1.807, 2.05) is 31.2 Å². The number of aliphatic carboxylic acids is 1. The van der Waals surface area contributed by atoms with Gasteiger partial charge in [-0.3, -0.25) is 4.79 Å². The number of amides is 1. The minimum absolute atomic E-state index is 0.354. The van der Waals surface area contributed by atoms with Crippen molar-refractivity contribution in [3.8, 4) is 5.69 Å². The number of nitrogens with zero attached hydrogens (tertiary/aromatic N) is 2. The average Bonchev–Trinajstić information content (AvgIpc) is 2.89. The summed E-state index contributed by atoms with van der Waals surface area (Å²) in [5, 5.41) is 16.3. The molecular weight excluding hydrogens is 374 g/mol. The van der Waals surface area contributed by atoms with Gasteiger partial charge in [0.2, 0.25) is 0 Å². The summed E-state index contributed by atoms with van der Waals surface area (Å²) in [5.74, 6) is -1.48. The Morgan fingerprint density at radius 2 is 2.12 bits per heavy atom. The van der Waals surface area contributed by atoms with Gasteiger partial charge in [-0.1, -0.05) is 35.3 Å². The maximum atomic E-state index is 12.5. The fraction of sp³-hybridized carbons (Fsp3) is 0.353. The van der Waals surface area contributed by atoms with Crippen molar-refractivity contribution in [2.24, 2.45) is 0 Å². The Kier molecular flexibility index (Phi) is 5.43. The summed E-state index contributed by atoms with van der Waals surface area (Å²) >= 11 is 3.41. The summed E-state index contributed by atoms with van der Waals surface area (Å²) in [7, 11) is 0. The van der Waals surface area contributed by atoms with Crippen molar-refractivity contribution in [2.75, 3.05) is 0 Å². The highest BCUT2D eigenvalue weighted by atomic mass is 79.9. The first-order valence-electron chi connectivity index (χ1n) is 7.65. The van der Waals surface area contributed by atoms with Gasteiger partial charge in [0.15, 0.2) is 0 Å². The molecule has 0 saturated heterocycles. The second kappa shape index (κ2) is 7.17. The van der Waals surface area contributed by atoms with Crippen LogP contribution in [0, 0.1) is 6.92 Å². The predicted molar refractivity (Wildman–Crippen MR) is 94.4 cm³/mol. The van der Waals surface area contributed by atoms with Crippen LogP contribution in [-0.4, -0.2) is 32.3 Å². The molecule has 7 heteroatoms. The minimum atomic E-state index is -1.30. The Morgan fingerprint density at radius 3 is 2.71 bits per heavy atom. The molecule has 1 aromatic carbocycles. The molecule has 1 unspecified atom stereocenters. The number of halogens is 1. The predicted octanol–water partition coefficient (Wildman–Crippen LogP) is 3.32. The van der Waals surface area contributed by atoms with Gasteiger partial charge >= 0.3 is 5.97 Å². The number of benzene rings is 1. The van der Waals surface area contributed by atoms with Gasteiger partial charge in [0, 0.05) is 4.47 Å². The Balaban J connectivity index is 2.30. The molecule has 2 N–H and O–H groups in total. The number of carboxylic acids is 1. The summed E-state index contributed by atoms with van der Waals surface area (Å²) in [5.41, 5.74) is 0.528. The fourth-order valence-corrected chi connectivity index (χ4v) is 2.93. The lowest BCUT2D eigenvalue weighted by Gasteiger charge is -2.25. The van der Waals surface area contributed by atoms with Crippen molar-refractivity contribution in [2.45, 2.75) is 39.2 Å². The van der Waals surface area contributed by atoms with Crippen LogP contribution in [0.15, 0.2) is 34.9 Å². The van der Waals surface area contributed by atoms with E-state index in [2.05, 4.69) is 26.3 Å². The van der Waals surface area contributed by atoms with E-state index in [0.29, 0.717) is 24.1 Å². The summed E-state index contributed by atoms with van der Waals surface area (Å²) < 4.78 is 2.56. The zero-order valence-corrected chi connectivity index (χ0v) is 15.4. The van der Waals surface area contributed by atoms with Crippen LogP contribution >= 0.6 is 15.9 Å². The number of hydrogen-bond acceptors (Lipinski definition) is 3. The molecule has 128 valence electrons. The lowest BCUT2D eigenvalue weighted by molar-refractivity contribution is -0.144. The molecule has 0 saturated carbocycles. The van der Waals surface area contributed by atoms with Gasteiger partial charge in [0.05, 0.1) is 23.1 Å². The fourth-order valence-electron chi connectivity index (χ4n) is 2.54. The summed E-state index contributed by atoms with van der Waals surface area (Å²) in [6.45, 7) is 5.18. The Labute approximate surface area is 149 Å². The van der Waals surface area contributed by atoms with Crippen LogP contribution in [0.5, 0.6) is 0 Å². The highest BCUT2D eigenvalue weighted by Crippen LogP contribution is 2.20. The first kappa shape index (κ1) is 18.2. The zero-order chi connectivity index (χ0) is 17.9.